The number of halogens is 1. The molecular formula is C35H33IN4O6S2. The summed E-state index contributed by atoms with van der Waals surface area (Å²) in [4.78, 5) is 43.8. The van der Waals surface area contributed by atoms with Gasteiger partial charge in [-0.05, 0) is 78.8 Å². The fourth-order valence-corrected chi connectivity index (χ4v) is 6.88. The van der Waals surface area contributed by atoms with Crippen molar-refractivity contribution in [3.63, 3.8) is 0 Å². The van der Waals surface area contributed by atoms with Crippen LogP contribution in [0.25, 0.3) is 0 Å². The third kappa shape index (κ3) is 7.14. The average Bonchev–Trinajstić information content (AvgIpc) is 3.27. The first-order valence-electron chi connectivity index (χ1n) is 15.0. The van der Waals surface area contributed by atoms with Crippen LogP contribution < -0.4 is 20.0 Å². The summed E-state index contributed by atoms with van der Waals surface area (Å²) in [6, 6.07) is 22.3. The molecule has 0 bridgehead atoms. The van der Waals surface area contributed by atoms with Gasteiger partial charge in [-0.25, -0.2) is 0 Å². The Bertz CT molecular complexity index is 1900. The van der Waals surface area contributed by atoms with Crippen LogP contribution in [0.1, 0.15) is 25.8 Å². The van der Waals surface area contributed by atoms with Gasteiger partial charge in [0.25, 0.3) is 21.9 Å². The second-order valence-corrected chi connectivity index (χ2v) is 14.1. The van der Waals surface area contributed by atoms with Gasteiger partial charge >= 0.3 is 0 Å². The zero-order chi connectivity index (χ0) is 34.6. The number of thiocarbonyl (C=S) groups is 1. The van der Waals surface area contributed by atoms with E-state index in [0.717, 1.165) is 11.4 Å². The minimum absolute atomic E-state index is 0.0469. The molecule has 3 aromatic carbocycles. The Hall–Kier alpha value is -4.18. The number of nitrogens with zero attached hydrogens (tertiary/aromatic N) is 3. The van der Waals surface area contributed by atoms with Gasteiger partial charge < -0.3 is 10.2 Å². The van der Waals surface area contributed by atoms with Gasteiger partial charge in [-0.1, -0.05) is 85.0 Å². The Labute approximate surface area is 298 Å². The number of alkyl halides is 1. The van der Waals surface area contributed by atoms with Crippen LogP contribution in [0.3, 0.4) is 0 Å². The number of carbonyl (C=O) groups excluding carboxylic acids is 3. The molecule has 2 N–H and O–H groups in total. The third-order valence-corrected chi connectivity index (χ3v) is 9.98. The highest BCUT2D eigenvalue weighted by Gasteiger charge is 2.42. The van der Waals surface area contributed by atoms with Crippen LogP contribution >= 0.6 is 34.8 Å². The summed E-state index contributed by atoms with van der Waals surface area (Å²) in [5.41, 5.74) is 2.58. The summed E-state index contributed by atoms with van der Waals surface area (Å²) < 4.78 is 34.0. The Balaban J connectivity index is 1.51. The van der Waals surface area contributed by atoms with E-state index in [2.05, 4.69) is 5.32 Å². The van der Waals surface area contributed by atoms with Gasteiger partial charge in [0.2, 0.25) is 5.91 Å². The molecule has 0 spiro atoms. The molecule has 5 rings (SSSR count). The maximum atomic E-state index is 13.8. The number of allylic oxidation sites excluding steroid dienone is 5. The zero-order valence-corrected chi connectivity index (χ0v) is 30.0. The molecular weight excluding hydrogens is 763 g/mol. The largest absolute Gasteiger partial charge is 0.355 e. The maximum Gasteiger partial charge on any atom is 0.294 e. The summed E-state index contributed by atoms with van der Waals surface area (Å²) >= 11 is 7.67. The second-order valence-electron chi connectivity index (χ2n) is 11.5. The van der Waals surface area contributed by atoms with E-state index in [0.29, 0.717) is 40.9 Å². The molecule has 248 valence electrons. The Kier molecular flexibility index (Phi) is 10.6. The van der Waals surface area contributed by atoms with Crippen molar-refractivity contribution >= 4 is 84.8 Å². The Morgan fingerprint density at radius 1 is 0.917 bits per heavy atom. The average molecular weight is 797 g/mol. The smallest absolute Gasteiger partial charge is 0.294 e. The standard InChI is InChI=1S/C35H33IN4O6S2/c1-35(2)28-22-26(48(44,45)46)18-19-29(28)38(21-11-20-37-31(41)23-36)30(35)17-10-9-16-27-32(42)39(24-12-5-3-6-13-24)34(47)40(33(27)43)25-14-7-4-8-15-25/h3-10,12-19,22H,11,20-21,23H2,1-2H3,(H,37,41)(H,44,45,46)/b10-9+,30-17+. The van der Waals surface area contributed by atoms with Crippen LogP contribution in [0.4, 0.5) is 17.1 Å². The maximum absolute atomic E-state index is 13.8. The number of benzene rings is 3. The van der Waals surface area contributed by atoms with Crippen molar-refractivity contribution in [2.24, 2.45) is 0 Å². The van der Waals surface area contributed by atoms with Crippen molar-refractivity contribution in [1.82, 2.24) is 5.32 Å². The molecule has 0 aliphatic carbocycles. The fourth-order valence-electron chi connectivity index (χ4n) is 5.72. The summed E-state index contributed by atoms with van der Waals surface area (Å²) in [6.45, 7) is 4.85. The van der Waals surface area contributed by atoms with Crippen molar-refractivity contribution in [2.75, 3.05) is 32.2 Å². The van der Waals surface area contributed by atoms with Crippen LogP contribution in [0.5, 0.6) is 0 Å². The molecule has 2 heterocycles. The van der Waals surface area contributed by atoms with E-state index < -0.39 is 27.3 Å². The summed E-state index contributed by atoms with van der Waals surface area (Å²) in [5, 5.41) is 2.91. The van der Waals surface area contributed by atoms with Crippen LogP contribution in [-0.2, 0) is 29.9 Å². The topological polar surface area (TPSA) is 127 Å². The molecule has 0 aromatic heterocycles. The lowest BCUT2D eigenvalue weighted by Gasteiger charge is -2.36. The molecule has 0 atom stereocenters. The number of carbonyl (C=O) groups is 3. The van der Waals surface area contributed by atoms with Gasteiger partial charge in [0.05, 0.1) is 20.7 Å². The predicted molar refractivity (Wildman–Crippen MR) is 199 cm³/mol. The quantitative estimate of drug-likeness (QED) is 0.0509. The molecule has 1 fully saturated rings. The van der Waals surface area contributed by atoms with Gasteiger partial charge in [-0.3, -0.25) is 28.7 Å². The lowest BCUT2D eigenvalue weighted by molar-refractivity contribution is -0.121. The van der Waals surface area contributed by atoms with E-state index in [-0.39, 0.29) is 21.5 Å². The van der Waals surface area contributed by atoms with Gasteiger partial charge in [0, 0.05) is 29.9 Å². The number of rotatable bonds is 10. The first-order chi connectivity index (χ1) is 22.9. The van der Waals surface area contributed by atoms with Crippen molar-refractivity contribution in [3.05, 3.63) is 120 Å². The monoisotopic (exact) mass is 796 g/mol. The minimum Gasteiger partial charge on any atom is -0.355 e. The third-order valence-electron chi connectivity index (χ3n) is 8.07. The first kappa shape index (κ1) is 35.1. The van der Waals surface area contributed by atoms with Crippen LogP contribution in [0, 0.1) is 0 Å². The van der Waals surface area contributed by atoms with Crippen LogP contribution in [-0.4, -0.2) is 53.3 Å². The van der Waals surface area contributed by atoms with Gasteiger partial charge in [-0.2, -0.15) is 8.42 Å². The van der Waals surface area contributed by atoms with E-state index in [1.165, 1.54) is 28.0 Å². The number of hydrogen-bond acceptors (Lipinski definition) is 7. The summed E-state index contributed by atoms with van der Waals surface area (Å²) in [5.74, 6) is -1.17. The summed E-state index contributed by atoms with van der Waals surface area (Å²) in [6.07, 6.45) is 7.25. The number of nitrogens with one attached hydrogen (secondary N) is 1. The Morgan fingerprint density at radius 2 is 1.48 bits per heavy atom. The predicted octanol–water partition coefficient (Wildman–Crippen LogP) is 5.70. The molecule has 1 saturated heterocycles. The Morgan fingerprint density at radius 3 is 2.02 bits per heavy atom. The lowest BCUT2D eigenvalue weighted by atomic mass is 9.83. The number of anilines is 3. The molecule has 0 unspecified atom stereocenters. The van der Waals surface area contributed by atoms with Gasteiger partial charge in [-0.15, -0.1) is 0 Å². The number of fused-ring (bicyclic) bond motifs is 1. The van der Waals surface area contributed by atoms with E-state index >= 15 is 0 Å². The number of para-hydroxylation sites is 2. The molecule has 0 radical (unpaired) electrons. The van der Waals surface area contributed by atoms with E-state index in [9.17, 15) is 27.4 Å². The highest BCUT2D eigenvalue weighted by molar-refractivity contribution is 14.1. The van der Waals surface area contributed by atoms with Crippen molar-refractivity contribution in [3.8, 4) is 0 Å². The highest BCUT2D eigenvalue weighted by Crippen LogP contribution is 2.48. The molecule has 10 nitrogen and oxygen atoms in total. The molecule has 3 amide bonds. The molecule has 0 saturated carbocycles. The molecule has 13 heteroatoms. The normalized spacial score (nSPS) is 17.0. The lowest BCUT2D eigenvalue weighted by Crippen LogP contribution is -2.57. The van der Waals surface area contributed by atoms with E-state index in [1.807, 2.05) is 59.5 Å². The van der Waals surface area contributed by atoms with Crippen molar-refractivity contribution < 1.29 is 27.4 Å². The van der Waals surface area contributed by atoms with Crippen molar-refractivity contribution in [2.45, 2.75) is 30.6 Å². The van der Waals surface area contributed by atoms with E-state index in [4.69, 9.17) is 12.2 Å². The van der Waals surface area contributed by atoms with Gasteiger partial charge in [0.15, 0.2) is 5.11 Å². The van der Waals surface area contributed by atoms with Gasteiger partial charge in [0.1, 0.15) is 5.57 Å². The second kappa shape index (κ2) is 14.5. The zero-order valence-electron chi connectivity index (χ0n) is 26.2. The number of amides is 3. The molecule has 2 aliphatic heterocycles. The fraction of sp³-hybridized carbons (Fsp3) is 0.200. The minimum atomic E-state index is -4.43. The molecule has 3 aromatic rings. The SMILES string of the molecule is CC1(C)/C(=C\C=C\C=C2C(=O)N(c3ccccc3)C(=S)N(c3ccccc3)C2=O)N(CCCNC(=O)CI)c2ccc(S(=O)(=O)O)cc21. The first-order valence-corrected chi connectivity index (χ1v) is 18.4. The van der Waals surface area contributed by atoms with Crippen LogP contribution in [0.2, 0.25) is 0 Å². The highest BCUT2D eigenvalue weighted by atomic mass is 127. The van der Waals surface area contributed by atoms with E-state index in [1.54, 1.807) is 66.7 Å². The molecule has 2 aliphatic rings. The summed E-state index contributed by atoms with van der Waals surface area (Å²) in [7, 11) is -4.43. The number of hydrogen-bond donors (Lipinski definition) is 2. The van der Waals surface area contributed by atoms with Crippen molar-refractivity contribution in [1.29, 1.82) is 0 Å². The molecule has 48 heavy (non-hydrogen) atoms. The van der Waals surface area contributed by atoms with Crippen LogP contribution in [0.15, 0.2) is 119 Å².